The molecule has 7 heavy (non-hydrogen) atoms. The third-order valence-electron chi connectivity index (χ3n) is 1.24. The van der Waals surface area contributed by atoms with Crippen LogP contribution in [0, 0.1) is 0 Å². The summed E-state index contributed by atoms with van der Waals surface area (Å²) in [5.41, 5.74) is 0. The zero-order valence-corrected chi connectivity index (χ0v) is 6.65. The van der Waals surface area contributed by atoms with E-state index in [2.05, 4.69) is 32.0 Å². The molecule has 2 heteroatoms. The molecule has 0 spiro atoms. The van der Waals surface area contributed by atoms with E-state index in [0.29, 0.717) is 0 Å². The topological polar surface area (TPSA) is 3.24 Å². The van der Waals surface area contributed by atoms with E-state index in [0.717, 1.165) is 0 Å². The SMILES string of the molecule is CCN(C)[PH+](C)C. The van der Waals surface area contributed by atoms with E-state index in [1.165, 1.54) is 6.54 Å². The molecule has 0 saturated heterocycles. The highest BCUT2D eigenvalue weighted by Gasteiger charge is 2.03. The molecule has 0 aliphatic rings. The first kappa shape index (κ1) is 7.39. The van der Waals surface area contributed by atoms with Crippen molar-refractivity contribution in [3.63, 3.8) is 0 Å². The summed E-state index contributed by atoms with van der Waals surface area (Å²) in [4.78, 5) is 0. The van der Waals surface area contributed by atoms with E-state index in [4.69, 9.17) is 0 Å². The van der Waals surface area contributed by atoms with Gasteiger partial charge in [-0.05, 0) is 6.92 Å². The molecule has 0 rings (SSSR count). The van der Waals surface area contributed by atoms with Gasteiger partial charge in [0.15, 0.2) is 0 Å². The summed E-state index contributed by atoms with van der Waals surface area (Å²) in [6.07, 6.45) is 0. The molecule has 0 amide bonds. The molecule has 44 valence electrons. The van der Waals surface area contributed by atoms with Gasteiger partial charge in [0.25, 0.3) is 0 Å². The molecular weight excluding hydrogens is 105 g/mol. The zero-order valence-electron chi connectivity index (χ0n) is 5.65. The van der Waals surface area contributed by atoms with Gasteiger partial charge in [-0.1, -0.05) is 0 Å². The Labute approximate surface area is 47.5 Å². The van der Waals surface area contributed by atoms with Gasteiger partial charge in [-0.3, -0.25) is 0 Å². The van der Waals surface area contributed by atoms with E-state index in [9.17, 15) is 0 Å². The minimum Gasteiger partial charge on any atom is -0.187 e. The Morgan fingerprint density at radius 1 is 1.43 bits per heavy atom. The Hall–Kier alpha value is 0.390. The Morgan fingerprint density at radius 2 is 1.86 bits per heavy atom. The minimum atomic E-state index is -0.130. The first-order chi connectivity index (χ1) is 3.18. The van der Waals surface area contributed by atoms with Gasteiger partial charge in [0.2, 0.25) is 0 Å². The van der Waals surface area contributed by atoms with E-state index in [1.54, 1.807) is 0 Å². The fourth-order valence-corrected chi connectivity index (χ4v) is 0.949. The number of hydrogen-bond donors (Lipinski definition) is 0. The van der Waals surface area contributed by atoms with Crippen LogP contribution in [0.5, 0.6) is 0 Å². The predicted molar refractivity (Wildman–Crippen MR) is 38.5 cm³/mol. The molecule has 0 fully saturated rings. The summed E-state index contributed by atoms with van der Waals surface area (Å²) >= 11 is 0. The maximum absolute atomic E-state index is 2.39. The molecule has 0 aliphatic heterocycles. The second-order valence-electron chi connectivity index (χ2n) is 1.96. The van der Waals surface area contributed by atoms with Crippen LogP contribution in [0.25, 0.3) is 0 Å². The molecule has 0 atom stereocenters. The fraction of sp³-hybridized carbons (Fsp3) is 1.00. The average Bonchev–Trinajstić information content (AvgIpc) is 1.65. The second-order valence-corrected chi connectivity index (χ2v) is 4.62. The molecule has 0 bridgehead atoms. The fourth-order valence-electron chi connectivity index (χ4n) is 0.316. The monoisotopic (exact) mass is 120 g/mol. The van der Waals surface area contributed by atoms with Crippen molar-refractivity contribution in [2.45, 2.75) is 6.92 Å². The van der Waals surface area contributed by atoms with Crippen LogP contribution in [0.4, 0.5) is 0 Å². The highest BCUT2D eigenvalue weighted by atomic mass is 31.1. The molecule has 0 unspecified atom stereocenters. The van der Waals surface area contributed by atoms with Crippen LogP contribution in [0.2, 0.25) is 0 Å². The number of rotatable bonds is 2. The van der Waals surface area contributed by atoms with Gasteiger partial charge in [-0.25, -0.2) is 0 Å². The van der Waals surface area contributed by atoms with Gasteiger partial charge >= 0.3 is 0 Å². The lowest BCUT2D eigenvalue weighted by atomic mass is 10.8. The Morgan fingerprint density at radius 3 is 1.86 bits per heavy atom. The molecule has 0 aromatic heterocycles. The van der Waals surface area contributed by atoms with E-state index < -0.39 is 0 Å². The zero-order chi connectivity index (χ0) is 5.86. The summed E-state index contributed by atoms with van der Waals surface area (Å²) in [6, 6.07) is 0. The molecule has 0 N–H and O–H groups in total. The predicted octanol–water partition coefficient (Wildman–Crippen LogP) is 1.33. The normalized spacial score (nSPS) is 11.1. The van der Waals surface area contributed by atoms with Crippen LogP contribution < -0.4 is 0 Å². The van der Waals surface area contributed by atoms with Crippen LogP contribution in [-0.2, 0) is 0 Å². The second kappa shape index (κ2) is 3.40. The number of hydrogen-bond acceptors (Lipinski definition) is 1. The maximum Gasteiger partial charge on any atom is 0.0636 e. The highest BCUT2D eigenvalue weighted by Crippen LogP contribution is 2.27. The molecular formula is C5H15NP+. The maximum atomic E-state index is 2.39. The van der Waals surface area contributed by atoms with E-state index in [-0.39, 0.29) is 8.07 Å². The minimum absolute atomic E-state index is 0.130. The van der Waals surface area contributed by atoms with Gasteiger partial charge in [0, 0.05) is 13.6 Å². The van der Waals surface area contributed by atoms with Crippen LogP contribution in [0.3, 0.4) is 0 Å². The summed E-state index contributed by atoms with van der Waals surface area (Å²) in [5.74, 6) is 0. The summed E-state index contributed by atoms with van der Waals surface area (Å²) in [6.45, 7) is 7.99. The van der Waals surface area contributed by atoms with Crippen LogP contribution >= 0.6 is 8.07 Å². The Bertz CT molecular complexity index is 45.3. The molecule has 0 aliphatic carbocycles. The van der Waals surface area contributed by atoms with Gasteiger partial charge in [0.05, 0.1) is 21.4 Å². The lowest BCUT2D eigenvalue weighted by Crippen LogP contribution is -2.08. The first-order valence-corrected chi connectivity index (χ1v) is 5.14. The van der Waals surface area contributed by atoms with Crippen molar-refractivity contribution in [1.29, 1.82) is 0 Å². The van der Waals surface area contributed by atoms with E-state index in [1.807, 2.05) is 0 Å². The molecule has 0 radical (unpaired) electrons. The third kappa shape index (κ3) is 3.02. The Balaban J connectivity index is 3.14. The first-order valence-electron chi connectivity index (χ1n) is 2.69. The summed E-state index contributed by atoms with van der Waals surface area (Å²) < 4.78 is 2.39. The van der Waals surface area contributed by atoms with Crippen molar-refractivity contribution in [3.05, 3.63) is 0 Å². The Kier molecular flexibility index (Phi) is 3.59. The van der Waals surface area contributed by atoms with Gasteiger partial charge < -0.3 is 0 Å². The summed E-state index contributed by atoms with van der Waals surface area (Å²) in [7, 11) is 2.05. The average molecular weight is 120 g/mol. The highest BCUT2D eigenvalue weighted by molar-refractivity contribution is 7.53. The molecule has 0 saturated carbocycles. The molecule has 0 aromatic rings. The standard InChI is InChI=1S/C5H14NP/c1-5-6(2)7(3)4/h5H2,1-4H3/p+1. The lowest BCUT2D eigenvalue weighted by molar-refractivity contribution is 0.586. The van der Waals surface area contributed by atoms with Crippen molar-refractivity contribution < 1.29 is 0 Å². The smallest absolute Gasteiger partial charge is 0.0636 e. The molecule has 0 heterocycles. The van der Waals surface area contributed by atoms with Crippen molar-refractivity contribution in [1.82, 2.24) is 4.67 Å². The van der Waals surface area contributed by atoms with Crippen LogP contribution in [0.15, 0.2) is 0 Å². The molecule has 0 aromatic carbocycles. The summed E-state index contributed by atoms with van der Waals surface area (Å²) in [5, 5.41) is 0. The van der Waals surface area contributed by atoms with E-state index >= 15 is 0 Å². The van der Waals surface area contributed by atoms with Crippen LogP contribution in [0.1, 0.15) is 6.92 Å². The third-order valence-corrected chi connectivity index (χ3v) is 3.08. The van der Waals surface area contributed by atoms with Crippen LogP contribution in [-0.4, -0.2) is 31.6 Å². The van der Waals surface area contributed by atoms with Crippen molar-refractivity contribution in [3.8, 4) is 0 Å². The van der Waals surface area contributed by atoms with Gasteiger partial charge in [0.1, 0.15) is 0 Å². The van der Waals surface area contributed by atoms with Gasteiger partial charge in [-0.15, -0.1) is 0 Å². The molecule has 1 nitrogen and oxygen atoms in total. The largest absolute Gasteiger partial charge is 0.187 e. The quantitative estimate of drug-likeness (QED) is 0.497. The lowest BCUT2D eigenvalue weighted by Gasteiger charge is -2.09. The van der Waals surface area contributed by atoms with Gasteiger partial charge in [-0.2, -0.15) is 4.67 Å². The number of nitrogens with zero attached hydrogens (tertiary/aromatic N) is 1. The van der Waals surface area contributed by atoms with Crippen molar-refractivity contribution in [2.75, 3.05) is 26.9 Å². The van der Waals surface area contributed by atoms with Crippen molar-refractivity contribution in [2.24, 2.45) is 0 Å². The van der Waals surface area contributed by atoms with Crippen molar-refractivity contribution >= 4 is 8.07 Å².